The fourth-order valence-corrected chi connectivity index (χ4v) is 3.27. The molecule has 100 valence electrons. The number of hydrogen-bond donors (Lipinski definition) is 1. The van der Waals surface area contributed by atoms with Crippen LogP contribution in [-0.2, 0) is 14.8 Å². The van der Waals surface area contributed by atoms with Crippen molar-refractivity contribution in [1.82, 2.24) is 4.72 Å². The van der Waals surface area contributed by atoms with Crippen molar-refractivity contribution in [3.63, 3.8) is 0 Å². The van der Waals surface area contributed by atoms with Crippen molar-refractivity contribution in [1.29, 1.82) is 0 Å². The summed E-state index contributed by atoms with van der Waals surface area (Å²) < 4.78 is 32.1. The molecule has 1 N–H and O–H groups in total. The molecular formula is C12H16BrNO3S. The molecule has 1 aromatic carbocycles. The van der Waals surface area contributed by atoms with Crippen LogP contribution in [0.1, 0.15) is 6.42 Å². The monoisotopic (exact) mass is 333 g/mol. The second-order valence-electron chi connectivity index (χ2n) is 3.52. The van der Waals surface area contributed by atoms with Gasteiger partial charge in [0.25, 0.3) is 0 Å². The summed E-state index contributed by atoms with van der Waals surface area (Å²) in [7, 11) is -3.48. The van der Waals surface area contributed by atoms with E-state index in [-0.39, 0.29) is 11.4 Å². The van der Waals surface area contributed by atoms with Crippen LogP contribution in [0, 0.1) is 0 Å². The van der Waals surface area contributed by atoms with Crippen LogP contribution in [0.25, 0.3) is 0 Å². The minimum atomic E-state index is -3.48. The molecule has 0 aliphatic heterocycles. The number of sulfonamides is 1. The average molecular weight is 334 g/mol. The molecule has 1 rings (SSSR count). The van der Waals surface area contributed by atoms with Gasteiger partial charge in [-0.3, -0.25) is 0 Å². The number of nitrogens with one attached hydrogen (secondary N) is 1. The van der Waals surface area contributed by atoms with E-state index in [1.807, 2.05) is 0 Å². The third-order valence-electron chi connectivity index (χ3n) is 2.13. The van der Waals surface area contributed by atoms with Gasteiger partial charge in [0.1, 0.15) is 0 Å². The third-order valence-corrected chi connectivity index (χ3v) is 4.60. The first-order valence-electron chi connectivity index (χ1n) is 5.51. The summed E-state index contributed by atoms with van der Waals surface area (Å²) in [5.41, 5.74) is 0. The lowest BCUT2D eigenvalue weighted by Gasteiger charge is -2.08. The minimum absolute atomic E-state index is 0.232. The van der Waals surface area contributed by atoms with Gasteiger partial charge in [-0.1, -0.05) is 18.2 Å². The maximum Gasteiger partial charge on any atom is 0.241 e. The molecular weight excluding hydrogens is 318 g/mol. The van der Waals surface area contributed by atoms with Crippen molar-refractivity contribution < 1.29 is 13.2 Å². The van der Waals surface area contributed by atoms with Crippen molar-refractivity contribution in [2.75, 3.05) is 19.8 Å². The average Bonchev–Trinajstić information content (AvgIpc) is 2.34. The minimum Gasteiger partial charge on any atom is -0.380 e. The maximum absolute atomic E-state index is 11.9. The van der Waals surface area contributed by atoms with Gasteiger partial charge in [-0.2, -0.15) is 0 Å². The van der Waals surface area contributed by atoms with Gasteiger partial charge in [0.05, 0.1) is 18.1 Å². The van der Waals surface area contributed by atoms with E-state index in [1.54, 1.807) is 30.3 Å². The Morgan fingerprint density at radius 3 is 2.72 bits per heavy atom. The molecule has 4 nitrogen and oxygen atoms in total. The zero-order valence-electron chi connectivity index (χ0n) is 9.93. The fourth-order valence-electron chi connectivity index (χ4n) is 1.26. The SMILES string of the molecule is C=CCCOCCNS(=O)(=O)c1ccccc1Br. The van der Waals surface area contributed by atoms with E-state index in [1.165, 1.54) is 0 Å². The van der Waals surface area contributed by atoms with Crippen molar-refractivity contribution in [2.45, 2.75) is 11.3 Å². The van der Waals surface area contributed by atoms with Crippen LogP contribution >= 0.6 is 15.9 Å². The molecule has 0 fully saturated rings. The standard InChI is InChI=1S/C12H16BrNO3S/c1-2-3-9-17-10-8-14-18(15,16)12-7-5-4-6-11(12)13/h2,4-7,14H,1,3,8-10H2. The smallest absolute Gasteiger partial charge is 0.241 e. The Morgan fingerprint density at radius 2 is 2.06 bits per heavy atom. The fraction of sp³-hybridized carbons (Fsp3) is 0.333. The number of benzene rings is 1. The number of ether oxygens (including phenoxy) is 1. The van der Waals surface area contributed by atoms with Crippen molar-refractivity contribution in [3.05, 3.63) is 41.4 Å². The second-order valence-corrected chi connectivity index (χ2v) is 6.11. The molecule has 0 aliphatic rings. The second kappa shape index (κ2) is 7.68. The highest BCUT2D eigenvalue weighted by Crippen LogP contribution is 2.20. The summed E-state index contributed by atoms with van der Waals surface area (Å²) in [6.07, 6.45) is 2.52. The van der Waals surface area contributed by atoms with Gasteiger partial charge in [-0.15, -0.1) is 6.58 Å². The summed E-state index contributed by atoms with van der Waals surface area (Å²) in [5, 5.41) is 0. The van der Waals surface area contributed by atoms with Crippen LogP contribution in [-0.4, -0.2) is 28.2 Å². The van der Waals surface area contributed by atoms with Crippen LogP contribution in [0.15, 0.2) is 46.3 Å². The van der Waals surface area contributed by atoms with E-state index in [0.717, 1.165) is 6.42 Å². The first kappa shape index (κ1) is 15.4. The quantitative estimate of drug-likeness (QED) is 0.586. The molecule has 6 heteroatoms. The zero-order valence-corrected chi connectivity index (χ0v) is 12.3. The van der Waals surface area contributed by atoms with E-state index < -0.39 is 10.0 Å². The van der Waals surface area contributed by atoms with Gasteiger partial charge in [0.15, 0.2) is 0 Å². The molecule has 0 saturated heterocycles. The zero-order chi connectivity index (χ0) is 13.4. The van der Waals surface area contributed by atoms with Crippen molar-refractivity contribution in [3.8, 4) is 0 Å². The predicted octanol–water partition coefficient (Wildman–Crippen LogP) is 2.32. The van der Waals surface area contributed by atoms with Gasteiger partial charge in [-0.05, 0) is 34.5 Å². The van der Waals surface area contributed by atoms with E-state index in [2.05, 4.69) is 27.2 Å². The Kier molecular flexibility index (Phi) is 6.56. The van der Waals surface area contributed by atoms with Crippen LogP contribution in [0.3, 0.4) is 0 Å². The molecule has 0 spiro atoms. The molecule has 0 radical (unpaired) electrons. The van der Waals surface area contributed by atoms with Crippen LogP contribution in [0.5, 0.6) is 0 Å². The normalized spacial score (nSPS) is 11.4. The third kappa shape index (κ3) is 4.89. The Morgan fingerprint density at radius 1 is 1.33 bits per heavy atom. The van der Waals surface area contributed by atoms with Gasteiger partial charge >= 0.3 is 0 Å². The molecule has 1 aromatic rings. The van der Waals surface area contributed by atoms with E-state index in [4.69, 9.17) is 4.74 Å². The molecule has 0 unspecified atom stereocenters. The molecule has 18 heavy (non-hydrogen) atoms. The Labute approximate surface area is 116 Å². The lowest BCUT2D eigenvalue weighted by atomic mass is 10.4. The van der Waals surface area contributed by atoms with Crippen LogP contribution < -0.4 is 4.72 Å². The largest absolute Gasteiger partial charge is 0.380 e. The Hall–Kier alpha value is -0.690. The van der Waals surface area contributed by atoms with Gasteiger partial charge in [-0.25, -0.2) is 13.1 Å². The molecule has 0 amide bonds. The summed E-state index contributed by atoms with van der Waals surface area (Å²) >= 11 is 3.21. The van der Waals surface area contributed by atoms with E-state index in [9.17, 15) is 8.42 Å². The topological polar surface area (TPSA) is 55.4 Å². The van der Waals surface area contributed by atoms with E-state index >= 15 is 0 Å². The molecule has 0 aromatic heterocycles. The Bertz CT molecular complexity index is 488. The van der Waals surface area contributed by atoms with Gasteiger partial charge in [0.2, 0.25) is 10.0 Å². The summed E-state index contributed by atoms with van der Waals surface area (Å²) in [6.45, 7) is 4.72. The van der Waals surface area contributed by atoms with Gasteiger partial charge in [0, 0.05) is 11.0 Å². The van der Waals surface area contributed by atoms with Crippen molar-refractivity contribution >= 4 is 26.0 Å². The van der Waals surface area contributed by atoms with Gasteiger partial charge < -0.3 is 4.74 Å². The van der Waals surface area contributed by atoms with Crippen LogP contribution in [0.4, 0.5) is 0 Å². The molecule has 0 heterocycles. The predicted molar refractivity (Wildman–Crippen MR) is 75.0 cm³/mol. The highest BCUT2D eigenvalue weighted by atomic mass is 79.9. The molecule has 0 bridgehead atoms. The highest BCUT2D eigenvalue weighted by Gasteiger charge is 2.15. The molecule has 0 atom stereocenters. The first-order valence-corrected chi connectivity index (χ1v) is 7.78. The number of hydrogen-bond acceptors (Lipinski definition) is 3. The number of rotatable bonds is 8. The van der Waals surface area contributed by atoms with Crippen LogP contribution in [0.2, 0.25) is 0 Å². The van der Waals surface area contributed by atoms with Crippen molar-refractivity contribution in [2.24, 2.45) is 0 Å². The summed E-state index contributed by atoms with van der Waals surface area (Å²) in [5.74, 6) is 0. The molecule has 0 aliphatic carbocycles. The number of halogens is 1. The maximum atomic E-state index is 11.9. The summed E-state index contributed by atoms with van der Waals surface area (Å²) in [4.78, 5) is 0.232. The Balaban J connectivity index is 2.46. The summed E-state index contributed by atoms with van der Waals surface area (Å²) in [6, 6.07) is 6.68. The first-order chi connectivity index (χ1) is 8.58. The molecule has 0 saturated carbocycles. The lowest BCUT2D eigenvalue weighted by Crippen LogP contribution is -2.27. The highest BCUT2D eigenvalue weighted by molar-refractivity contribution is 9.10. The van der Waals surface area contributed by atoms with E-state index in [0.29, 0.717) is 17.7 Å². The lowest BCUT2D eigenvalue weighted by molar-refractivity contribution is 0.144.